The number of benzene rings is 1. The summed E-state index contributed by atoms with van der Waals surface area (Å²) in [5.41, 5.74) is 0. The first-order valence-electron chi connectivity index (χ1n) is 3.58. The summed E-state index contributed by atoms with van der Waals surface area (Å²) in [7, 11) is 11.1. The van der Waals surface area contributed by atoms with Gasteiger partial charge in [-0.25, -0.2) is 0 Å². The van der Waals surface area contributed by atoms with Crippen molar-refractivity contribution >= 4 is 34.6 Å². The van der Waals surface area contributed by atoms with Crippen molar-refractivity contribution in [3.8, 4) is 0 Å². The zero-order chi connectivity index (χ0) is 13.4. The molecule has 0 saturated carbocycles. The van der Waals surface area contributed by atoms with Crippen LogP contribution in [-0.4, -0.2) is 0 Å². The van der Waals surface area contributed by atoms with Gasteiger partial charge in [0.05, 0.1) is 0 Å². The molecule has 98 valence electrons. The van der Waals surface area contributed by atoms with Gasteiger partial charge in [0, 0.05) is 0 Å². The molecule has 0 spiro atoms. The normalized spacial score (nSPS) is 30.3. The second kappa shape index (κ2) is 1.09. The molecule has 1 aromatic rings. The third-order valence-electron chi connectivity index (χ3n) is 1.59. The van der Waals surface area contributed by atoms with E-state index in [4.69, 9.17) is 0 Å². The van der Waals surface area contributed by atoms with Crippen LogP contribution in [0, 0.1) is 0 Å². The van der Waals surface area contributed by atoms with Gasteiger partial charge >= 0.3 is 93.6 Å². The Hall–Kier alpha value is 0.232. The first kappa shape index (κ1) is 14.3. The first-order chi connectivity index (χ1) is 5.85. The summed E-state index contributed by atoms with van der Waals surface area (Å²) in [5, 5.41) is 0. The third-order valence-corrected chi connectivity index (χ3v) is 6.87. The van der Waals surface area contributed by atoms with E-state index in [1.165, 1.54) is 0 Å². The van der Waals surface area contributed by atoms with Gasteiger partial charge in [0.2, 0.25) is 0 Å². The van der Waals surface area contributed by atoms with E-state index in [0.717, 1.165) is 6.07 Å². The molecule has 0 heterocycles. The van der Waals surface area contributed by atoms with Crippen LogP contribution >= 0.6 is 30.1 Å². The van der Waals surface area contributed by atoms with Gasteiger partial charge in [0.15, 0.2) is 0 Å². The second-order valence-corrected chi connectivity index (χ2v) is 31.8. The Morgan fingerprint density at radius 3 is 1.31 bits per heavy atom. The Balaban J connectivity index is 4.42. The van der Waals surface area contributed by atoms with Crippen molar-refractivity contribution in [2.45, 2.75) is 0 Å². The van der Waals surface area contributed by atoms with Crippen molar-refractivity contribution in [2.75, 3.05) is 0 Å². The molecule has 2 N–H and O–H groups in total. The Morgan fingerprint density at radius 2 is 1.12 bits per heavy atom. The average molecular weight is 346 g/mol. The predicted molar refractivity (Wildman–Crippen MR) is 53.4 cm³/mol. The molecule has 1 rings (SSSR count). The van der Waals surface area contributed by atoms with Crippen LogP contribution in [0.4, 0.5) is 17.6 Å². The van der Waals surface area contributed by atoms with Crippen molar-refractivity contribution in [3.63, 3.8) is 0 Å². The van der Waals surface area contributed by atoms with E-state index in [2.05, 4.69) is 34.9 Å². The summed E-state index contributed by atoms with van der Waals surface area (Å²) in [6.45, 7) is 0. The fraction of sp³-hybridized carbons (Fsp3) is 0. The predicted octanol–water partition coefficient (Wildman–Crippen LogP) is 4.44. The van der Waals surface area contributed by atoms with Crippen molar-refractivity contribution in [1.29, 1.82) is 0 Å². The van der Waals surface area contributed by atoms with Crippen LogP contribution in [0.15, 0.2) is 30.3 Å². The third kappa shape index (κ3) is 3.62. The van der Waals surface area contributed by atoms with Crippen LogP contribution in [-0.2, 0) is 6.41 Å². The number of halogens is 8. The molecule has 1 nitrogen and oxygen atoms in total. The molecule has 0 aliphatic heterocycles. The van der Waals surface area contributed by atoms with Gasteiger partial charge < -0.3 is 0 Å². The molecule has 0 unspecified atom stereocenters. The van der Waals surface area contributed by atoms with Crippen LogP contribution in [0.1, 0.15) is 0 Å². The van der Waals surface area contributed by atoms with Crippen LogP contribution in [0.25, 0.3) is 0 Å². The van der Waals surface area contributed by atoms with Crippen molar-refractivity contribution in [1.82, 2.24) is 0 Å². The molecule has 0 bridgehead atoms. The van der Waals surface area contributed by atoms with Gasteiger partial charge in [-0.3, -0.25) is 0 Å². The molecule has 0 aromatic heterocycles. The van der Waals surface area contributed by atoms with Crippen LogP contribution in [0.5, 0.6) is 0 Å². The van der Waals surface area contributed by atoms with Crippen molar-refractivity contribution in [2.24, 2.45) is 4.72 Å². The average Bonchev–Trinajstić information content (AvgIpc) is 1.81. The molecular formula is C6H7Cl3CrF5N. The number of nitrogens with two attached hydrogens (primary N) is 1. The van der Waals surface area contributed by atoms with E-state index in [-0.39, 0.29) is 12.1 Å². The monoisotopic (exact) mass is 345 g/mol. The molecule has 16 heavy (non-hydrogen) atoms. The molecule has 0 radical (unpaired) electrons. The Kier molecular flexibility index (Phi) is 0.973. The number of rotatable bonds is 1. The van der Waals surface area contributed by atoms with Crippen molar-refractivity contribution in [3.05, 3.63) is 30.3 Å². The minimum atomic E-state index is -14.3. The molecule has 1 aromatic carbocycles. The van der Waals surface area contributed by atoms with E-state index in [1.54, 1.807) is 0 Å². The van der Waals surface area contributed by atoms with E-state index >= 15 is 0 Å². The van der Waals surface area contributed by atoms with Gasteiger partial charge in [0.25, 0.3) is 0 Å². The topological polar surface area (TPSA) is 26.0 Å². The number of hydrogen-bond acceptors (Lipinski definition) is 1. The van der Waals surface area contributed by atoms with Gasteiger partial charge in [-0.2, -0.15) is 0 Å². The molecular weight excluding hydrogens is 339 g/mol. The van der Waals surface area contributed by atoms with Gasteiger partial charge in [-0.15, -0.1) is 0 Å². The summed E-state index contributed by atoms with van der Waals surface area (Å²) < 4.78 is 69.5. The molecule has 10 heteroatoms. The van der Waals surface area contributed by atoms with Gasteiger partial charge in [-0.1, -0.05) is 0 Å². The standard InChI is InChI=1S/C6H5.3ClH.Cr.5FH.H2N/c1-2-4-6-5-3-1;;;;;;;;;;/h1-5H;3*1H;;5*1H;1H2/q;;;;+9;;;;;;-1/p-8. The molecule has 0 saturated heterocycles. The zero-order valence-corrected chi connectivity index (χ0v) is 10.9. The Bertz CT molecular complexity index is 553. The summed E-state index contributed by atoms with van der Waals surface area (Å²) in [6.07, 6.45) is -14.3. The fourth-order valence-electron chi connectivity index (χ4n) is 0.911. The summed E-state index contributed by atoms with van der Waals surface area (Å²) in [5.74, 6) is 0. The zero-order valence-electron chi connectivity index (χ0n) is 7.40. The van der Waals surface area contributed by atoms with Gasteiger partial charge in [-0.05, 0) is 0 Å². The maximum atomic E-state index is 13.8. The van der Waals surface area contributed by atoms with Crippen LogP contribution < -0.4 is 9.14 Å². The molecule has 0 atom stereocenters. The Labute approximate surface area is 93.5 Å². The summed E-state index contributed by atoms with van der Waals surface area (Å²) >= 11 is 0. The summed E-state index contributed by atoms with van der Waals surface area (Å²) in [6, 6.07) is 2.02. The molecule has 0 aliphatic rings. The van der Waals surface area contributed by atoms with E-state index in [1.807, 2.05) is 0 Å². The second-order valence-electron chi connectivity index (χ2n) is 4.39. The SMILES string of the molecule is [NH2][Cr]([F])([F])([F])([F])([F])([Cl])([Cl])([Cl])[c]1ccccc1. The minimum absolute atomic E-state index is 0.118. The Morgan fingerprint density at radius 1 is 0.812 bits per heavy atom. The quantitative estimate of drug-likeness (QED) is 0.748. The van der Waals surface area contributed by atoms with Crippen LogP contribution in [0.2, 0.25) is 0 Å². The maximum absolute atomic E-state index is 14.3. The van der Waals surface area contributed by atoms with E-state index in [9.17, 15) is 17.6 Å². The summed E-state index contributed by atoms with van der Waals surface area (Å²) in [4.78, 5) is 0. The fourth-order valence-corrected chi connectivity index (χ4v) is 3.96. The molecule has 0 aliphatic carbocycles. The van der Waals surface area contributed by atoms with E-state index in [0.29, 0.717) is 12.1 Å². The van der Waals surface area contributed by atoms with Crippen LogP contribution in [0.3, 0.4) is 0 Å². The molecule has 0 amide bonds. The molecule has 0 fully saturated rings. The van der Waals surface area contributed by atoms with Gasteiger partial charge in [0.1, 0.15) is 0 Å². The number of hydrogen-bond donors (Lipinski definition) is 1. The van der Waals surface area contributed by atoms with Crippen molar-refractivity contribution < 1.29 is 24.0 Å². The van der Waals surface area contributed by atoms with E-state index < -0.39 is 10.8 Å². The first-order valence-corrected chi connectivity index (χ1v) is 12.6.